The number of benzene rings is 2. The first-order chi connectivity index (χ1) is 12.3. The molecule has 3 rings (SSSR count). The van der Waals surface area contributed by atoms with Crippen LogP contribution >= 0.6 is 22.9 Å². The molecule has 1 heterocycles. The minimum absolute atomic E-state index is 0.0764. The maximum absolute atomic E-state index is 12.4. The van der Waals surface area contributed by atoms with Crippen molar-refractivity contribution in [3.63, 3.8) is 0 Å². The van der Waals surface area contributed by atoms with Gasteiger partial charge in [-0.15, -0.1) is 0 Å². The molecule has 0 fully saturated rings. The standard InChI is InChI=1S/C17H15ClN2O4S2/c1-3-24-11-5-7-13-14(9-11)25-17(19-13)20-16(21)10-4-6-12(18)15(8-10)26(2,22)23/h4-9H,3H2,1-2H3,(H,19,20,21). The van der Waals surface area contributed by atoms with Crippen LogP contribution < -0.4 is 10.1 Å². The molecule has 3 aromatic rings. The third-order valence-corrected chi connectivity index (χ3v) is 6.00. The van der Waals surface area contributed by atoms with E-state index in [4.69, 9.17) is 16.3 Å². The molecule has 0 bridgehead atoms. The molecule has 0 atom stereocenters. The topological polar surface area (TPSA) is 85.4 Å². The molecular formula is C17H15ClN2O4S2. The van der Waals surface area contributed by atoms with E-state index in [1.807, 2.05) is 25.1 Å². The fourth-order valence-corrected chi connectivity index (χ4v) is 4.50. The average molecular weight is 411 g/mol. The molecule has 6 nitrogen and oxygen atoms in total. The third-order valence-electron chi connectivity index (χ3n) is 3.48. The number of ether oxygens (including phenoxy) is 1. The van der Waals surface area contributed by atoms with Crippen molar-refractivity contribution < 1.29 is 17.9 Å². The number of rotatable bonds is 5. The number of carbonyl (C=O) groups is 1. The summed E-state index contributed by atoms with van der Waals surface area (Å²) < 4.78 is 29.8. The van der Waals surface area contributed by atoms with Gasteiger partial charge in [0.25, 0.3) is 5.91 Å². The number of amides is 1. The molecule has 136 valence electrons. The highest BCUT2D eigenvalue weighted by Gasteiger charge is 2.17. The Hall–Kier alpha value is -2.16. The molecule has 0 aliphatic heterocycles. The summed E-state index contributed by atoms with van der Waals surface area (Å²) in [5.41, 5.74) is 0.922. The van der Waals surface area contributed by atoms with Crippen LogP contribution in [0, 0.1) is 0 Å². The Morgan fingerprint density at radius 1 is 1.27 bits per heavy atom. The SMILES string of the molecule is CCOc1ccc2nc(NC(=O)c3ccc(Cl)c(S(C)(=O)=O)c3)sc2c1. The number of sulfone groups is 1. The van der Waals surface area contributed by atoms with Gasteiger partial charge in [0.15, 0.2) is 15.0 Å². The van der Waals surface area contributed by atoms with Gasteiger partial charge in [-0.05, 0) is 43.3 Å². The fraction of sp³-hybridized carbons (Fsp3) is 0.176. The van der Waals surface area contributed by atoms with Gasteiger partial charge in [0.2, 0.25) is 0 Å². The van der Waals surface area contributed by atoms with Crippen molar-refractivity contribution in [1.82, 2.24) is 4.98 Å². The summed E-state index contributed by atoms with van der Waals surface area (Å²) in [5.74, 6) is 0.271. The number of thiazole rings is 1. The zero-order valence-corrected chi connectivity index (χ0v) is 16.3. The first-order valence-corrected chi connectivity index (χ1v) is 10.7. The van der Waals surface area contributed by atoms with Crippen LogP contribution in [0.1, 0.15) is 17.3 Å². The summed E-state index contributed by atoms with van der Waals surface area (Å²) in [6.45, 7) is 2.46. The number of aromatic nitrogens is 1. The predicted octanol–water partition coefficient (Wildman–Crippen LogP) is 4.00. The lowest BCUT2D eigenvalue weighted by Crippen LogP contribution is -2.12. The van der Waals surface area contributed by atoms with Gasteiger partial charge in [0, 0.05) is 11.8 Å². The first kappa shape index (κ1) is 18.6. The molecule has 9 heteroatoms. The van der Waals surface area contributed by atoms with E-state index in [0.717, 1.165) is 22.2 Å². The second-order valence-corrected chi connectivity index (χ2v) is 8.88. The summed E-state index contributed by atoms with van der Waals surface area (Å²) in [4.78, 5) is 16.7. The monoisotopic (exact) mass is 410 g/mol. The van der Waals surface area contributed by atoms with Gasteiger partial charge in [-0.1, -0.05) is 22.9 Å². The van der Waals surface area contributed by atoms with Crippen LogP contribution in [0.5, 0.6) is 5.75 Å². The molecule has 26 heavy (non-hydrogen) atoms. The summed E-state index contributed by atoms with van der Waals surface area (Å²) in [6.07, 6.45) is 1.04. The van der Waals surface area contributed by atoms with E-state index in [9.17, 15) is 13.2 Å². The summed E-state index contributed by atoms with van der Waals surface area (Å²) in [5, 5.41) is 3.17. The highest BCUT2D eigenvalue weighted by Crippen LogP contribution is 2.30. The molecule has 1 N–H and O–H groups in total. The zero-order valence-electron chi connectivity index (χ0n) is 13.9. The van der Waals surface area contributed by atoms with Crippen LogP contribution in [0.25, 0.3) is 10.2 Å². The number of fused-ring (bicyclic) bond motifs is 1. The number of hydrogen-bond acceptors (Lipinski definition) is 6. The molecule has 2 aromatic carbocycles. The van der Waals surface area contributed by atoms with E-state index in [0.29, 0.717) is 11.7 Å². The normalized spacial score (nSPS) is 11.5. The molecule has 0 spiro atoms. The van der Waals surface area contributed by atoms with Crippen molar-refractivity contribution in [3.8, 4) is 5.75 Å². The van der Waals surface area contributed by atoms with E-state index in [1.54, 1.807) is 0 Å². The Morgan fingerprint density at radius 2 is 2.04 bits per heavy atom. The molecule has 0 saturated heterocycles. The zero-order chi connectivity index (χ0) is 18.9. The van der Waals surface area contributed by atoms with Crippen LogP contribution in [0.15, 0.2) is 41.3 Å². The number of hydrogen-bond donors (Lipinski definition) is 1. The Morgan fingerprint density at radius 3 is 2.73 bits per heavy atom. The Bertz CT molecular complexity index is 1090. The minimum atomic E-state index is -3.53. The molecule has 0 aliphatic rings. The van der Waals surface area contributed by atoms with Crippen LogP contribution in [-0.2, 0) is 9.84 Å². The van der Waals surface area contributed by atoms with Gasteiger partial charge >= 0.3 is 0 Å². The molecule has 0 unspecified atom stereocenters. The Balaban J connectivity index is 1.87. The molecule has 1 aromatic heterocycles. The summed E-state index contributed by atoms with van der Waals surface area (Å²) in [7, 11) is -3.53. The van der Waals surface area contributed by atoms with Gasteiger partial charge in [-0.2, -0.15) is 0 Å². The molecule has 1 amide bonds. The number of carbonyl (C=O) groups excluding carboxylic acids is 1. The lowest BCUT2D eigenvalue weighted by atomic mass is 10.2. The van der Waals surface area contributed by atoms with Gasteiger partial charge < -0.3 is 4.74 Å². The van der Waals surface area contributed by atoms with E-state index < -0.39 is 15.7 Å². The van der Waals surface area contributed by atoms with E-state index in [2.05, 4.69) is 10.3 Å². The van der Waals surface area contributed by atoms with Crippen LogP contribution in [-0.4, -0.2) is 32.2 Å². The number of nitrogens with zero attached hydrogens (tertiary/aromatic N) is 1. The Kier molecular flexibility index (Phi) is 5.17. The number of nitrogens with one attached hydrogen (secondary N) is 1. The van der Waals surface area contributed by atoms with E-state index >= 15 is 0 Å². The second-order valence-electron chi connectivity index (χ2n) is 5.45. The quantitative estimate of drug-likeness (QED) is 0.687. The van der Waals surface area contributed by atoms with Crippen molar-refractivity contribution in [1.29, 1.82) is 0 Å². The maximum atomic E-state index is 12.4. The molecule has 0 aliphatic carbocycles. The first-order valence-electron chi connectivity index (χ1n) is 7.62. The van der Waals surface area contributed by atoms with Crippen LogP contribution in [0.2, 0.25) is 5.02 Å². The average Bonchev–Trinajstić information content (AvgIpc) is 2.95. The lowest BCUT2D eigenvalue weighted by molar-refractivity contribution is 0.102. The van der Waals surface area contributed by atoms with Crippen molar-refractivity contribution in [2.45, 2.75) is 11.8 Å². The Labute approximate surface area is 159 Å². The molecule has 0 saturated carbocycles. The van der Waals surface area contributed by atoms with Gasteiger partial charge in [0.1, 0.15) is 5.75 Å². The van der Waals surface area contributed by atoms with Gasteiger partial charge in [0.05, 0.1) is 26.7 Å². The number of halogens is 1. The molecule has 0 radical (unpaired) electrons. The fourth-order valence-electron chi connectivity index (χ4n) is 2.31. The lowest BCUT2D eigenvalue weighted by Gasteiger charge is -2.06. The largest absolute Gasteiger partial charge is 0.494 e. The third kappa shape index (κ3) is 3.98. The summed E-state index contributed by atoms with van der Waals surface area (Å²) in [6, 6.07) is 9.60. The van der Waals surface area contributed by atoms with E-state index in [1.165, 1.54) is 29.5 Å². The van der Waals surface area contributed by atoms with Crippen molar-refractivity contribution >= 4 is 54.0 Å². The van der Waals surface area contributed by atoms with Crippen molar-refractivity contribution in [3.05, 3.63) is 47.0 Å². The van der Waals surface area contributed by atoms with Crippen LogP contribution in [0.3, 0.4) is 0 Å². The summed E-state index contributed by atoms with van der Waals surface area (Å²) >= 11 is 7.21. The smallest absolute Gasteiger partial charge is 0.257 e. The molecular weight excluding hydrogens is 396 g/mol. The van der Waals surface area contributed by atoms with Crippen LogP contribution in [0.4, 0.5) is 5.13 Å². The van der Waals surface area contributed by atoms with Crippen molar-refractivity contribution in [2.24, 2.45) is 0 Å². The van der Waals surface area contributed by atoms with Gasteiger partial charge in [-0.25, -0.2) is 13.4 Å². The maximum Gasteiger partial charge on any atom is 0.257 e. The minimum Gasteiger partial charge on any atom is -0.494 e. The number of anilines is 1. The highest BCUT2D eigenvalue weighted by molar-refractivity contribution is 7.90. The van der Waals surface area contributed by atoms with Crippen molar-refractivity contribution in [2.75, 3.05) is 18.2 Å². The predicted molar refractivity (Wildman–Crippen MR) is 103 cm³/mol. The van der Waals surface area contributed by atoms with Gasteiger partial charge in [-0.3, -0.25) is 10.1 Å². The second kappa shape index (κ2) is 7.22. The van der Waals surface area contributed by atoms with E-state index in [-0.39, 0.29) is 15.5 Å². The highest BCUT2D eigenvalue weighted by atomic mass is 35.5.